The molecule has 2 heterocycles. The first-order chi connectivity index (χ1) is 16.8. The highest BCUT2D eigenvalue weighted by atomic mass is 19.1. The Hall–Kier alpha value is -4.31. The summed E-state index contributed by atoms with van der Waals surface area (Å²) in [6.45, 7) is 5.20. The highest BCUT2D eigenvalue weighted by molar-refractivity contribution is 6.01. The van der Waals surface area contributed by atoms with E-state index in [0.29, 0.717) is 28.3 Å². The minimum Gasteiger partial charge on any atom is -0.372 e. The van der Waals surface area contributed by atoms with Gasteiger partial charge < -0.3 is 20.4 Å². The fourth-order valence-electron chi connectivity index (χ4n) is 3.56. The number of nitrogens with one attached hydrogen (secondary N) is 2. The summed E-state index contributed by atoms with van der Waals surface area (Å²) in [4.78, 5) is 20.6. The molecule has 4 rings (SSSR count). The second-order valence-electron chi connectivity index (χ2n) is 8.33. The van der Waals surface area contributed by atoms with Crippen molar-refractivity contribution in [2.75, 3.05) is 49.8 Å². The fourth-order valence-corrected chi connectivity index (χ4v) is 3.56. The first-order valence-corrected chi connectivity index (χ1v) is 11.0. The topological polar surface area (TPSA) is 90.7 Å². The zero-order valence-corrected chi connectivity index (χ0v) is 19.9. The molecule has 4 aromatic rings. The smallest absolute Gasteiger partial charge is 0.247 e. The van der Waals surface area contributed by atoms with Crippen molar-refractivity contribution in [3.05, 3.63) is 73.3 Å². The number of hydrogen-bond acceptors (Lipinski definition) is 7. The number of fused-ring (bicyclic) bond motifs is 1. The number of amides is 1. The Morgan fingerprint density at radius 2 is 1.97 bits per heavy atom. The van der Waals surface area contributed by atoms with E-state index in [-0.39, 0.29) is 11.7 Å². The maximum Gasteiger partial charge on any atom is 0.247 e. The van der Waals surface area contributed by atoms with Crippen LogP contribution in [-0.4, -0.2) is 64.9 Å². The molecule has 0 saturated heterocycles. The number of halogens is 1. The van der Waals surface area contributed by atoms with Gasteiger partial charge in [0.25, 0.3) is 0 Å². The number of nitrogens with zero attached hydrogens (tertiary/aromatic N) is 6. The van der Waals surface area contributed by atoms with Crippen LogP contribution in [0.1, 0.15) is 0 Å². The van der Waals surface area contributed by atoms with E-state index in [2.05, 4.69) is 42.3 Å². The molecule has 9 nitrogen and oxygen atoms in total. The van der Waals surface area contributed by atoms with E-state index in [1.165, 1.54) is 29.1 Å². The van der Waals surface area contributed by atoms with Crippen LogP contribution in [0.2, 0.25) is 0 Å². The van der Waals surface area contributed by atoms with Gasteiger partial charge >= 0.3 is 0 Å². The van der Waals surface area contributed by atoms with Gasteiger partial charge in [0.05, 0.1) is 16.9 Å². The molecule has 0 aliphatic rings. The number of carbonyl (C=O) groups is 1. The van der Waals surface area contributed by atoms with Crippen LogP contribution in [0.3, 0.4) is 0 Å². The van der Waals surface area contributed by atoms with E-state index in [1.54, 1.807) is 18.2 Å². The van der Waals surface area contributed by atoms with E-state index in [4.69, 9.17) is 0 Å². The molecular weight excluding hydrogens is 447 g/mol. The molecule has 1 amide bonds. The first kappa shape index (κ1) is 23.8. The normalized spacial score (nSPS) is 11.0. The van der Waals surface area contributed by atoms with E-state index < -0.39 is 0 Å². The summed E-state index contributed by atoms with van der Waals surface area (Å²) in [7, 11) is 6.01. The van der Waals surface area contributed by atoms with E-state index >= 15 is 0 Å². The molecule has 2 N–H and O–H groups in total. The van der Waals surface area contributed by atoms with Gasteiger partial charge in [-0.1, -0.05) is 23.9 Å². The summed E-state index contributed by atoms with van der Waals surface area (Å²) in [5, 5.41) is 14.4. The molecule has 180 valence electrons. The van der Waals surface area contributed by atoms with Crippen molar-refractivity contribution in [1.29, 1.82) is 0 Å². The van der Waals surface area contributed by atoms with Crippen LogP contribution in [0.4, 0.5) is 27.3 Å². The fraction of sp³-hybridized carbons (Fsp3) is 0.200. The number of hydrogen-bond donors (Lipinski definition) is 2. The van der Waals surface area contributed by atoms with Crippen LogP contribution in [0.5, 0.6) is 0 Å². The van der Waals surface area contributed by atoms with Gasteiger partial charge in [0, 0.05) is 37.5 Å². The van der Waals surface area contributed by atoms with Crippen molar-refractivity contribution in [3.63, 3.8) is 0 Å². The molecule has 0 unspecified atom stereocenters. The quantitative estimate of drug-likeness (QED) is 0.357. The molecule has 0 atom stereocenters. The lowest BCUT2D eigenvalue weighted by Gasteiger charge is -2.24. The average Bonchev–Trinajstić information content (AvgIpc) is 3.26. The highest BCUT2D eigenvalue weighted by Crippen LogP contribution is 2.31. The molecule has 35 heavy (non-hydrogen) atoms. The molecule has 2 aromatic heterocycles. The second-order valence-corrected chi connectivity index (χ2v) is 8.33. The Morgan fingerprint density at radius 3 is 2.71 bits per heavy atom. The molecule has 0 fully saturated rings. The van der Waals surface area contributed by atoms with Crippen molar-refractivity contribution in [1.82, 2.24) is 24.7 Å². The molecule has 10 heteroatoms. The third kappa shape index (κ3) is 5.61. The number of carbonyl (C=O) groups excluding carboxylic acids is 1. The van der Waals surface area contributed by atoms with Crippen molar-refractivity contribution in [2.45, 2.75) is 0 Å². The van der Waals surface area contributed by atoms with Gasteiger partial charge in [-0.25, -0.2) is 13.9 Å². The molecule has 0 saturated carbocycles. The van der Waals surface area contributed by atoms with Crippen LogP contribution >= 0.6 is 0 Å². The largest absolute Gasteiger partial charge is 0.372 e. The molecule has 0 aliphatic carbocycles. The first-order valence-electron chi connectivity index (χ1n) is 11.0. The minimum absolute atomic E-state index is 0.297. The zero-order valence-electron chi connectivity index (χ0n) is 19.9. The predicted molar refractivity (Wildman–Crippen MR) is 137 cm³/mol. The van der Waals surface area contributed by atoms with Crippen LogP contribution in [0, 0.1) is 5.82 Å². The molecule has 0 aliphatic heterocycles. The summed E-state index contributed by atoms with van der Waals surface area (Å²) in [6.07, 6.45) is 2.77. The van der Waals surface area contributed by atoms with E-state index in [1.807, 2.05) is 39.3 Å². The van der Waals surface area contributed by atoms with Crippen molar-refractivity contribution in [2.24, 2.45) is 0 Å². The molecule has 0 radical (unpaired) electrons. The Balaban J connectivity index is 1.64. The Morgan fingerprint density at radius 1 is 1.14 bits per heavy atom. The number of benzene rings is 2. The SMILES string of the molecule is C=CC(=O)Nc1cc(Nc2cc3c(-c4cccc(F)c4)nnn3cn2)ccc1N(C)CCN(C)C. The average molecular weight is 475 g/mol. The van der Waals surface area contributed by atoms with Crippen LogP contribution in [-0.2, 0) is 4.79 Å². The van der Waals surface area contributed by atoms with E-state index in [0.717, 1.165) is 24.5 Å². The Labute approximate surface area is 202 Å². The lowest BCUT2D eigenvalue weighted by atomic mass is 10.1. The summed E-state index contributed by atoms with van der Waals surface area (Å²) in [6, 6.07) is 13.7. The van der Waals surface area contributed by atoms with Gasteiger partial charge in [-0.05, 0) is 50.5 Å². The summed E-state index contributed by atoms with van der Waals surface area (Å²) in [5.41, 5.74) is 4.10. The molecule has 2 aromatic carbocycles. The van der Waals surface area contributed by atoms with Gasteiger partial charge in [-0.3, -0.25) is 4.79 Å². The lowest BCUT2D eigenvalue weighted by Crippen LogP contribution is -2.29. The second kappa shape index (κ2) is 10.3. The number of aromatic nitrogens is 4. The predicted octanol–water partition coefficient (Wildman–Crippen LogP) is 3.80. The maximum atomic E-state index is 13.7. The Bertz CT molecular complexity index is 1370. The van der Waals surface area contributed by atoms with Crippen LogP contribution in [0.15, 0.2) is 67.5 Å². The van der Waals surface area contributed by atoms with Crippen molar-refractivity contribution < 1.29 is 9.18 Å². The Kier molecular flexibility index (Phi) is 7.02. The van der Waals surface area contributed by atoms with Crippen LogP contribution in [0.25, 0.3) is 16.8 Å². The third-order valence-corrected chi connectivity index (χ3v) is 5.41. The number of rotatable bonds is 9. The molecular formula is C25H27FN8O. The third-order valence-electron chi connectivity index (χ3n) is 5.41. The van der Waals surface area contributed by atoms with Crippen LogP contribution < -0.4 is 15.5 Å². The summed E-state index contributed by atoms with van der Waals surface area (Å²) >= 11 is 0. The van der Waals surface area contributed by atoms with Gasteiger partial charge in [0.15, 0.2) is 0 Å². The summed E-state index contributed by atoms with van der Waals surface area (Å²) < 4.78 is 15.3. The maximum absolute atomic E-state index is 13.7. The molecule has 0 bridgehead atoms. The van der Waals surface area contributed by atoms with Gasteiger partial charge in [-0.15, -0.1) is 5.10 Å². The molecule has 0 spiro atoms. The highest BCUT2D eigenvalue weighted by Gasteiger charge is 2.13. The van der Waals surface area contributed by atoms with Gasteiger partial charge in [0.2, 0.25) is 5.91 Å². The number of likely N-dealkylation sites (N-methyl/N-ethyl adjacent to an activating group) is 2. The zero-order chi connectivity index (χ0) is 24.9. The monoisotopic (exact) mass is 474 g/mol. The van der Waals surface area contributed by atoms with Gasteiger partial charge in [-0.2, -0.15) is 0 Å². The lowest BCUT2D eigenvalue weighted by molar-refractivity contribution is -0.111. The summed E-state index contributed by atoms with van der Waals surface area (Å²) in [5.74, 6) is -0.0954. The van der Waals surface area contributed by atoms with Crippen molar-refractivity contribution in [3.8, 4) is 11.3 Å². The number of anilines is 4. The van der Waals surface area contributed by atoms with E-state index in [9.17, 15) is 9.18 Å². The minimum atomic E-state index is -0.346. The van der Waals surface area contributed by atoms with Gasteiger partial charge in [0.1, 0.15) is 23.7 Å². The van der Waals surface area contributed by atoms with Crippen molar-refractivity contribution >= 4 is 34.3 Å². The standard InChI is InChI=1S/C25H27FN8O/c1-5-24(35)29-20-14-19(9-10-21(20)33(4)12-11-32(2)3)28-23-15-22-25(30-31-34(22)16-27-23)17-7-6-8-18(26)13-17/h5-10,13-16,28H,1,11-12H2,2-4H3,(H,29,35).